The van der Waals surface area contributed by atoms with E-state index in [9.17, 15) is 9.59 Å². The van der Waals surface area contributed by atoms with Gasteiger partial charge in [0, 0.05) is 43.2 Å². The van der Waals surface area contributed by atoms with Gasteiger partial charge in [0.15, 0.2) is 5.76 Å². The number of hydrogen-bond acceptors (Lipinski definition) is 4. The van der Waals surface area contributed by atoms with Crippen LogP contribution in [0.1, 0.15) is 23.4 Å². The summed E-state index contributed by atoms with van der Waals surface area (Å²) in [6, 6.07) is 6.98. The maximum atomic E-state index is 12.7. The van der Waals surface area contributed by atoms with Crippen LogP contribution in [-0.2, 0) is 9.53 Å². The Morgan fingerprint density at radius 3 is 2.56 bits per heavy atom. The maximum Gasteiger partial charge on any atom is 0.289 e. The number of amides is 2. The molecule has 4 rings (SSSR count). The number of halogens is 1. The van der Waals surface area contributed by atoms with E-state index in [0.29, 0.717) is 49.2 Å². The number of hydrogen-bond donors (Lipinski definition) is 0. The summed E-state index contributed by atoms with van der Waals surface area (Å²) in [6.07, 6.45) is 1.42. The van der Waals surface area contributed by atoms with Crippen LogP contribution in [0.3, 0.4) is 0 Å². The third kappa shape index (κ3) is 3.24. The van der Waals surface area contributed by atoms with Gasteiger partial charge in [0.25, 0.3) is 11.8 Å². The summed E-state index contributed by atoms with van der Waals surface area (Å²) in [6.45, 7) is 2.70. The van der Waals surface area contributed by atoms with E-state index in [1.165, 1.54) is 0 Å². The van der Waals surface area contributed by atoms with Crippen molar-refractivity contribution in [3.8, 4) is 0 Å². The maximum absolute atomic E-state index is 12.7. The molecule has 1 aromatic carbocycles. The van der Waals surface area contributed by atoms with Crippen LogP contribution >= 0.6 is 11.6 Å². The van der Waals surface area contributed by atoms with Gasteiger partial charge < -0.3 is 19.0 Å². The molecule has 2 aliphatic heterocycles. The minimum Gasteiger partial charge on any atom is -0.451 e. The van der Waals surface area contributed by atoms with E-state index in [2.05, 4.69) is 0 Å². The second-order valence-electron chi connectivity index (χ2n) is 6.41. The number of carbonyl (C=O) groups is 2. The van der Waals surface area contributed by atoms with Crippen molar-refractivity contribution < 1.29 is 18.7 Å². The highest BCUT2D eigenvalue weighted by molar-refractivity contribution is 6.31. The summed E-state index contributed by atoms with van der Waals surface area (Å²) in [5.41, 5.74) is 0.639. The number of carbonyl (C=O) groups excluding carboxylic acids is 2. The monoisotopic (exact) mass is 362 g/mol. The molecule has 2 saturated heterocycles. The number of furan rings is 1. The second kappa shape index (κ2) is 6.69. The predicted molar refractivity (Wildman–Crippen MR) is 92.7 cm³/mol. The zero-order valence-corrected chi connectivity index (χ0v) is 14.5. The molecule has 2 aromatic rings. The van der Waals surface area contributed by atoms with Crippen LogP contribution in [0.4, 0.5) is 0 Å². The summed E-state index contributed by atoms with van der Waals surface area (Å²) in [5.74, 6) is 0.190. The van der Waals surface area contributed by atoms with E-state index >= 15 is 0 Å². The molecular formula is C18H19ClN2O4. The first-order valence-electron chi connectivity index (χ1n) is 8.50. The Kier molecular flexibility index (Phi) is 4.39. The molecule has 2 amide bonds. The van der Waals surface area contributed by atoms with E-state index in [4.69, 9.17) is 20.8 Å². The zero-order valence-electron chi connectivity index (χ0n) is 13.7. The Morgan fingerprint density at radius 1 is 1.08 bits per heavy atom. The first kappa shape index (κ1) is 16.4. The van der Waals surface area contributed by atoms with Crippen LogP contribution in [0, 0.1) is 0 Å². The molecule has 0 saturated carbocycles. The van der Waals surface area contributed by atoms with Crippen LogP contribution < -0.4 is 0 Å². The molecule has 25 heavy (non-hydrogen) atoms. The SMILES string of the molecule is O=C(c1cc2cc(Cl)ccc2o1)N1CCN(C(=O)C2CCCO2)CC1. The lowest BCUT2D eigenvalue weighted by Crippen LogP contribution is -2.52. The van der Waals surface area contributed by atoms with Crippen LogP contribution in [0.2, 0.25) is 5.02 Å². The summed E-state index contributed by atoms with van der Waals surface area (Å²) in [4.78, 5) is 28.5. The van der Waals surface area contributed by atoms with Gasteiger partial charge in [-0.25, -0.2) is 0 Å². The summed E-state index contributed by atoms with van der Waals surface area (Å²) in [7, 11) is 0. The van der Waals surface area contributed by atoms with E-state index in [1.807, 2.05) is 0 Å². The van der Waals surface area contributed by atoms with Crippen LogP contribution in [-0.4, -0.2) is 60.5 Å². The predicted octanol–water partition coefficient (Wildman–Crippen LogP) is 2.55. The highest BCUT2D eigenvalue weighted by Crippen LogP contribution is 2.24. The number of rotatable bonds is 2. The van der Waals surface area contributed by atoms with Crippen LogP contribution in [0.15, 0.2) is 28.7 Å². The molecule has 6 nitrogen and oxygen atoms in total. The van der Waals surface area contributed by atoms with Gasteiger partial charge in [-0.3, -0.25) is 9.59 Å². The average Bonchev–Trinajstić information content (AvgIpc) is 3.30. The van der Waals surface area contributed by atoms with Crippen molar-refractivity contribution in [1.29, 1.82) is 0 Å². The molecule has 132 valence electrons. The van der Waals surface area contributed by atoms with Gasteiger partial charge in [-0.15, -0.1) is 0 Å². The Hall–Kier alpha value is -2.05. The van der Waals surface area contributed by atoms with Gasteiger partial charge in [0.2, 0.25) is 0 Å². The Morgan fingerprint density at radius 2 is 1.84 bits per heavy atom. The van der Waals surface area contributed by atoms with E-state index in [-0.39, 0.29) is 17.9 Å². The minimum atomic E-state index is -0.303. The second-order valence-corrected chi connectivity index (χ2v) is 6.85. The lowest BCUT2D eigenvalue weighted by atomic mass is 10.2. The first-order valence-corrected chi connectivity index (χ1v) is 8.88. The largest absolute Gasteiger partial charge is 0.451 e. The fourth-order valence-corrected chi connectivity index (χ4v) is 3.56. The minimum absolute atomic E-state index is 0.0444. The molecule has 0 spiro atoms. The van der Waals surface area contributed by atoms with E-state index in [0.717, 1.165) is 18.2 Å². The number of piperazine rings is 1. The average molecular weight is 363 g/mol. The molecule has 0 bridgehead atoms. The standard InChI is InChI=1S/C18H19ClN2O4/c19-13-3-4-14-12(10-13)11-16(25-14)18(23)21-7-5-20(6-8-21)17(22)15-2-1-9-24-15/h3-4,10-11,15H,1-2,5-9H2. The molecule has 0 radical (unpaired) electrons. The van der Waals surface area contributed by atoms with Crippen molar-refractivity contribution in [1.82, 2.24) is 9.80 Å². The van der Waals surface area contributed by atoms with Crippen molar-refractivity contribution in [2.75, 3.05) is 32.8 Å². The van der Waals surface area contributed by atoms with Gasteiger partial charge in [-0.1, -0.05) is 11.6 Å². The van der Waals surface area contributed by atoms with Crippen molar-refractivity contribution >= 4 is 34.4 Å². The molecule has 1 unspecified atom stereocenters. The third-order valence-electron chi connectivity index (χ3n) is 4.77. The number of nitrogens with zero attached hydrogens (tertiary/aromatic N) is 2. The molecule has 1 atom stereocenters. The van der Waals surface area contributed by atoms with Crippen LogP contribution in [0.25, 0.3) is 11.0 Å². The molecule has 7 heteroatoms. The van der Waals surface area contributed by atoms with Gasteiger partial charge >= 0.3 is 0 Å². The Balaban J connectivity index is 1.41. The summed E-state index contributed by atoms with van der Waals surface area (Å²) in [5, 5.41) is 1.41. The van der Waals surface area contributed by atoms with Crippen molar-refractivity contribution in [3.05, 3.63) is 35.0 Å². The van der Waals surface area contributed by atoms with Gasteiger partial charge in [0.1, 0.15) is 11.7 Å². The molecule has 2 aliphatic rings. The summed E-state index contributed by atoms with van der Waals surface area (Å²) >= 11 is 5.97. The van der Waals surface area contributed by atoms with Crippen molar-refractivity contribution in [2.45, 2.75) is 18.9 Å². The quantitative estimate of drug-likeness (QED) is 0.823. The smallest absolute Gasteiger partial charge is 0.289 e. The zero-order chi connectivity index (χ0) is 17.4. The van der Waals surface area contributed by atoms with Gasteiger partial charge in [-0.2, -0.15) is 0 Å². The normalized spacial score (nSPS) is 21.1. The van der Waals surface area contributed by atoms with Crippen LogP contribution in [0.5, 0.6) is 0 Å². The third-order valence-corrected chi connectivity index (χ3v) is 5.01. The number of fused-ring (bicyclic) bond motifs is 1. The van der Waals surface area contributed by atoms with Gasteiger partial charge in [0.05, 0.1) is 0 Å². The fourth-order valence-electron chi connectivity index (χ4n) is 3.38. The van der Waals surface area contributed by atoms with Crippen molar-refractivity contribution in [3.63, 3.8) is 0 Å². The summed E-state index contributed by atoms with van der Waals surface area (Å²) < 4.78 is 11.1. The van der Waals surface area contributed by atoms with E-state index in [1.54, 1.807) is 34.1 Å². The molecular weight excluding hydrogens is 344 g/mol. The fraction of sp³-hybridized carbons (Fsp3) is 0.444. The molecule has 1 aromatic heterocycles. The van der Waals surface area contributed by atoms with E-state index < -0.39 is 0 Å². The van der Waals surface area contributed by atoms with Crippen molar-refractivity contribution in [2.24, 2.45) is 0 Å². The topological polar surface area (TPSA) is 63.0 Å². The molecule has 0 N–H and O–H groups in total. The highest BCUT2D eigenvalue weighted by Gasteiger charge is 2.32. The molecule has 2 fully saturated rings. The first-order chi connectivity index (χ1) is 12.1. The Bertz CT molecular complexity index is 805. The molecule has 3 heterocycles. The number of benzene rings is 1. The lowest BCUT2D eigenvalue weighted by Gasteiger charge is -2.35. The number of ether oxygens (including phenoxy) is 1. The lowest BCUT2D eigenvalue weighted by molar-refractivity contribution is -0.142. The highest BCUT2D eigenvalue weighted by atomic mass is 35.5. The van der Waals surface area contributed by atoms with Gasteiger partial charge in [-0.05, 0) is 37.1 Å². The Labute approximate surface area is 150 Å². The molecule has 0 aliphatic carbocycles.